The van der Waals surface area contributed by atoms with E-state index in [1.54, 1.807) is 18.2 Å². The van der Waals surface area contributed by atoms with E-state index in [1.807, 2.05) is 0 Å². The summed E-state index contributed by atoms with van der Waals surface area (Å²) in [6, 6.07) is 3.26. The number of carboxylic acid groups (broad SMARTS) is 1. The predicted octanol–water partition coefficient (Wildman–Crippen LogP) is -1.00. The van der Waals surface area contributed by atoms with Gasteiger partial charge in [0, 0.05) is 36.1 Å². The van der Waals surface area contributed by atoms with Crippen LogP contribution in [0.2, 0.25) is 0 Å². The maximum atomic E-state index is 13.1. The van der Waals surface area contributed by atoms with Crippen LogP contribution in [-0.4, -0.2) is 131 Å². The van der Waals surface area contributed by atoms with Crippen molar-refractivity contribution in [1.29, 1.82) is 0 Å². The van der Waals surface area contributed by atoms with Crippen LogP contribution in [0.3, 0.4) is 0 Å². The Labute approximate surface area is 279 Å². The van der Waals surface area contributed by atoms with Crippen LogP contribution in [-0.2, 0) is 43.5 Å². The average molecular weight is 689 g/mol. The van der Waals surface area contributed by atoms with E-state index in [0.717, 1.165) is 18.2 Å². The summed E-state index contributed by atoms with van der Waals surface area (Å²) in [5, 5.41) is 63.3. The minimum atomic E-state index is -1.86. The minimum Gasteiger partial charge on any atom is -0.499 e. The first-order valence-corrected chi connectivity index (χ1v) is 15.4. The number of methoxy groups -OCH3 is 2. The maximum Gasteiger partial charge on any atom is 0.331 e. The molecule has 6 N–H and O–H groups in total. The molecule has 0 radical (unpaired) electrons. The molecule has 49 heavy (non-hydrogen) atoms. The van der Waals surface area contributed by atoms with Gasteiger partial charge in [-0.3, -0.25) is 0 Å². The Morgan fingerprint density at radius 1 is 0.878 bits per heavy atom. The molecular formula is C33H36O16. The summed E-state index contributed by atoms with van der Waals surface area (Å²) < 4.78 is 39.4. The lowest BCUT2D eigenvalue weighted by molar-refractivity contribution is -0.319. The largest absolute Gasteiger partial charge is 0.499 e. The molecule has 0 amide bonds. The van der Waals surface area contributed by atoms with Crippen molar-refractivity contribution in [3.8, 4) is 11.5 Å². The van der Waals surface area contributed by atoms with Gasteiger partial charge in [0.05, 0.1) is 25.7 Å². The van der Waals surface area contributed by atoms with Gasteiger partial charge in [-0.2, -0.15) is 0 Å². The van der Waals surface area contributed by atoms with Crippen LogP contribution >= 0.6 is 0 Å². The molecule has 6 bridgehead atoms. The fraction of sp³-hybridized carbons (Fsp3) is 0.485. The van der Waals surface area contributed by atoms with E-state index < -0.39 is 97.6 Å². The number of benzene rings is 1. The van der Waals surface area contributed by atoms with Gasteiger partial charge < -0.3 is 63.8 Å². The van der Waals surface area contributed by atoms with Crippen molar-refractivity contribution in [3.05, 3.63) is 65.0 Å². The molecule has 5 aliphatic rings. The summed E-state index contributed by atoms with van der Waals surface area (Å²) >= 11 is 0. The molecule has 1 spiro atoms. The zero-order chi connectivity index (χ0) is 35.2. The van der Waals surface area contributed by atoms with Crippen LogP contribution in [0, 0.1) is 0 Å². The number of aliphatic carboxylic acids is 1. The topological polar surface area (TPSA) is 237 Å². The highest BCUT2D eigenvalue weighted by Crippen LogP contribution is 2.54. The Morgan fingerprint density at radius 3 is 2.35 bits per heavy atom. The highest BCUT2D eigenvalue weighted by molar-refractivity contribution is 5.89. The molecule has 0 aromatic heterocycles. The molecule has 3 aliphatic heterocycles. The second kappa shape index (κ2) is 13.5. The van der Waals surface area contributed by atoms with Crippen LogP contribution in [0.1, 0.15) is 24.0 Å². The number of carbonyl (C=O) groups is 3. The zero-order valence-electron chi connectivity index (χ0n) is 26.3. The second-order valence-electron chi connectivity index (χ2n) is 12.2. The Bertz CT molecular complexity index is 1610. The quantitative estimate of drug-likeness (QED) is 0.209. The number of cyclic esters (lactones) is 1. The summed E-state index contributed by atoms with van der Waals surface area (Å²) in [5.41, 5.74) is -0.561. The van der Waals surface area contributed by atoms with Crippen molar-refractivity contribution < 1.29 is 78.2 Å². The predicted molar refractivity (Wildman–Crippen MR) is 162 cm³/mol. The second-order valence-corrected chi connectivity index (χ2v) is 12.2. The standard InChI is InChI=1S/C33H36O16/c1-43-20-8-14-3-4-25(36)46-18-9-15(31(41)42)10-19(26(18)37)47-32-29(40)28(39)27(38)22(48-32)13-45-24(35)5-6-33-12-21(44-2)17(34)11-23(33)49-30(20)16(33)7-14/h3-9,12,17-19,22-23,26-29,32,34,37-40H,10-11,13H2,1-2H3,(H,41,42)/b4-3+,6-5+/t17-,18-,19-,22+,23?,26-,27+,28-,29+,32+,33?/m1/s1. The molecule has 6 rings (SSSR count). The SMILES string of the molecule is COC1=CC23/C=C/C(=O)OC[C@@H]4O[C@H](O[C@@H]5CC(C(=O)O)=C[C@@H](OC(=O)/C=C/c6cc(OC)c(c2c6)OC3C[C@H]1O)[C@H]5O)[C@@H](O)[C@H](O)[C@H]4O. The van der Waals surface area contributed by atoms with Gasteiger partial charge in [-0.15, -0.1) is 0 Å². The number of carboxylic acids is 1. The van der Waals surface area contributed by atoms with Crippen molar-refractivity contribution in [2.75, 3.05) is 20.8 Å². The van der Waals surface area contributed by atoms with Crippen molar-refractivity contribution in [2.24, 2.45) is 0 Å². The van der Waals surface area contributed by atoms with Gasteiger partial charge in [-0.05, 0) is 35.9 Å². The summed E-state index contributed by atoms with van der Waals surface area (Å²) in [5.74, 6) is -2.44. The molecule has 1 aromatic carbocycles. The highest BCUT2D eigenvalue weighted by Gasteiger charge is 2.52. The average Bonchev–Trinajstić information content (AvgIpc) is 3.39. The number of rotatable bonds is 3. The van der Waals surface area contributed by atoms with Gasteiger partial charge in [0.15, 0.2) is 17.8 Å². The van der Waals surface area contributed by atoms with E-state index in [2.05, 4.69) is 0 Å². The normalized spacial score (nSPS) is 38.7. The molecule has 1 saturated heterocycles. The third-order valence-electron chi connectivity index (χ3n) is 9.24. The molecule has 264 valence electrons. The van der Waals surface area contributed by atoms with Gasteiger partial charge in [0.2, 0.25) is 0 Å². The lowest BCUT2D eigenvalue weighted by Gasteiger charge is -2.42. The molecule has 3 heterocycles. The number of aliphatic hydroxyl groups is 5. The van der Waals surface area contributed by atoms with Crippen LogP contribution in [0.4, 0.5) is 0 Å². The van der Waals surface area contributed by atoms with E-state index in [1.165, 1.54) is 26.4 Å². The van der Waals surface area contributed by atoms with E-state index >= 15 is 0 Å². The Balaban J connectivity index is 1.44. The Hall–Kier alpha value is -4.29. The molecule has 0 saturated carbocycles. The first kappa shape index (κ1) is 34.6. The molecule has 11 atom stereocenters. The lowest BCUT2D eigenvalue weighted by Crippen LogP contribution is -2.61. The van der Waals surface area contributed by atoms with E-state index in [9.17, 15) is 45.0 Å². The number of hydrogen-bond acceptors (Lipinski definition) is 15. The van der Waals surface area contributed by atoms with Gasteiger partial charge in [0.25, 0.3) is 0 Å². The van der Waals surface area contributed by atoms with Crippen LogP contribution in [0.25, 0.3) is 6.08 Å². The molecule has 2 aliphatic carbocycles. The fourth-order valence-corrected chi connectivity index (χ4v) is 6.63. The van der Waals surface area contributed by atoms with Crippen molar-refractivity contribution in [2.45, 2.75) is 79.5 Å². The van der Waals surface area contributed by atoms with Crippen molar-refractivity contribution >= 4 is 24.0 Å². The number of esters is 2. The van der Waals surface area contributed by atoms with Crippen LogP contribution in [0.5, 0.6) is 11.5 Å². The molecule has 16 heteroatoms. The number of ether oxygens (including phenoxy) is 7. The third-order valence-corrected chi connectivity index (χ3v) is 9.24. The van der Waals surface area contributed by atoms with Crippen LogP contribution < -0.4 is 9.47 Å². The maximum absolute atomic E-state index is 13.1. The van der Waals surface area contributed by atoms with Gasteiger partial charge >= 0.3 is 17.9 Å². The fourth-order valence-electron chi connectivity index (χ4n) is 6.63. The van der Waals surface area contributed by atoms with E-state index in [0.29, 0.717) is 16.9 Å². The van der Waals surface area contributed by atoms with Gasteiger partial charge in [0.1, 0.15) is 61.2 Å². The monoisotopic (exact) mass is 688 g/mol. The van der Waals surface area contributed by atoms with Crippen molar-refractivity contribution in [1.82, 2.24) is 0 Å². The number of fused-ring (bicyclic) bond motifs is 5. The summed E-state index contributed by atoms with van der Waals surface area (Å²) in [6.07, 6.45) is -7.56. The lowest BCUT2D eigenvalue weighted by atomic mass is 9.71. The smallest absolute Gasteiger partial charge is 0.331 e. The minimum absolute atomic E-state index is 0.0641. The van der Waals surface area contributed by atoms with Crippen LogP contribution in [0.15, 0.2) is 53.8 Å². The Kier molecular flexibility index (Phi) is 9.56. The molecule has 16 nitrogen and oxygen atoms in total. The third kappa shape index (κ3) is 6.43. The zero-order valence-corrected chi connectivity index (χ0v) is 26.3. The van der Waals surface area contributed by atoms with E-state index in [-0.39, 0.29) is 23.5 Å². The highest BCUT2D eigenvalue weighted by atomic mass is 16.7. The molecular weight excluding hydrogens is 652 g/mol. The Morgan fingerprint density at radius 2 is 1.63 bits per heavy atom. The molecule has 2 unspecified atom stereocenters. The summed E-state index contributed by atoms with van der Waals surface area (Å²) in [4.78, 5) is 38.0. The molecule has 1 aromatic rings. The van der Waals surface area contributed by atoms with E-state index in [4.69, 9.17) is 33.2 Å². The summed E-state index contributed by atoms with van der Waals surface area (Å²) in [6.45, 7) is -0.619. The first-order valence-electron chi connectivity index (χ1n) is 15.4. The number of carbonyl (C=O) groups excluding carboxylic acids is 2. The van der Waals surface area contributed by atoms with Gasteiger partial charge in [-0.25, -0.2) is 14.4 Å². The molecule has 1 fully saturated rings. The summed E-state index contributed by atoms with van der Waals surface area (Å²) in [7, 11) is 2.80. The van der Waals surface area contributed by atoms with Crippen molar-refractivity contribution in [3.63, 3.8) is 0 Å². The first-order chi connectivity index (χ1) is 23.3. The number of hydrogen-bond donors (Lipinski definition) is 6. The number of aliphatic hydroxyl groups excluding tert-OH is 5. The van der Waals surface area contributed by atoms with Gasteiger partial charge in [-0.1, -0.05) is 6.08 Å².